The van der Waals surface area contributed by atoms with Gasteiger partial charge in [-0.25, -0.2) is 0 Å². The molecular formula is C48H68N10O10. The Morgan fingerprint density at radius 3 is 1.66 bits per heavy atom. The fourth-order valence-corrected chi connectivity index (χ4v) is 8.17. The van der Waals surface area contributed by atoms with Gasteiger partial charge in [0.1, 0.15) is 12.1 Å². The van der Waals surface area contributed by atoms with Gasteiger partial charge in [0.2, 0.25) is 23.6 Å². The van der Waals surface area contributed by atoms with Gasteiger partial charge in [-0.05, 0) is 68.8 Å². The molecule has 16 N–H and O–H groups in total. The molecule has 2 aromatic carbocycles. The molecule has 68 heavy (non-hydrogen) atoms. The molecule has 0 bridgehead atoms. The molecule has 0 saturated heterocycles. The van der Waals surface area contributed by atoms with E-state index in [9.17, 15) is 48.9 Å². The van der Waals surface area contributed by atoms with Crippen LogP contribution in [0.15, 0.2) is 65.9 Å². The first-order valence-corrected chi connectivity index (χ1v) is 23.0. The van der Waals surface area contributed by atoms with E-state index in [1.54, 1.807) is 19.3 Å². The SMILES string of the molecule is C[C@@H](CCCCN)C(=O)N[C@@H](CO)C(=O)C[C@@H](Cc1c[nH]c2ccccc12)C(=O)N[C@@H](CO)C(=O)C[C@@H](CCCN=C(N)N)C(=O)NC(Cc1c[nH]c2ccccc12)C(=O)C[C@H](C(N)=O)[C@@H](C)O. The predicted molar refractivity (Wildman–Crippen MR) is 256 cm³/mol. The summed E-state index contributed by atoms with van der Waals surface area (Å²) in [5.41, 5.74) is 25.0. The van der Waals surface area contributed by atoms with Crippen LogP contribution in [-0.2, 0) is 46.4 Å². The Kier molecular flexibility index (Phi) is 21.3. The molecule has 0 aliphatic heterocycles. The van der Waals surface area contributed by atoms with Crippen molar-refractivity contribution >= 4 is 68.7 Å². The van der Waals surface area contributed by atoms with Gasteiger partial charge in [-0.3, -0.25) is 38.6 Å². The van der Waals surface area contributed by atoms with Gasteiger partial charge in [-0.1, -0.05) is 49.7 Å². The number of aromatic amines is 2. The molecule has 0 radical (unpaired) electrons. The van der Waals surface area contributed by atoms with E-state index in [4.69, 9.17) is 22.9 Å². The quantitative estimate of drug-likeness (QED) is 0.0184. The number of hydrogen-bond donors (Lipinski definition) is 12. The summed E-state index contributed by atoms with van der Waals surface area (Å²) in [5, 5.41) is 40.5. The molecule has 0 aliphatic rings. The molecule has 0 spiro atoms. The lowest BCUT2D eigenvalue weighted by Gasteiger charge is -2.25. The highest BCUT2D eigenvalue weighted by Gasteiger charge is 2.35. The number of ketones is 3. The highest BCUT2D eigenvalue weighted by molar-refractivity contribution is 5.98. The standard InChI is InChI=1S/C48H68N10O10/c1-27(10-7-8-16-49)45(66)57-39(25-59)42(63)21-30(18-31-23-54-36-14-5-3-12-33(31)36)47(68)58-40(26-60)41(62)20-29(11-9-17-53-48(51)52)46(67)56-38(43(64)22-35(28(2)61)44(50)65)19-32-24-55-37-15-6-4-13-34(32)37/h3-6,12-15,23-24,27-30,35,38-40,54-55,59-61H,7-11,16-22,25-26,49H2,1-2H3,(H2,50,65)(H,56,67)(H,57,66)(H,58,68)(H4,51,52,53)/t27-,28+,29+,30+,35-,38?,39-,40-/m0/s1. The first kappa shape index (κ1) is 54.1. The molecule has 4 amide bonds. The van der Waals surface area contributed by atoms with Gasteiger partial charge in [0, 0.05) is 84.2 Å². The summed E-state index contributed by atoms with van der Waals surface area (Å²) in [6.45, 7) is 1.96. The minimum absolute atomic E-state index is 0.0111. The van der Waals surface area contributed by atoms with Crippen LogP contribution < -0.4 is 38.9 Å². The van der Waals surface area contributed by atoms with Crippen molar-refractivity contribution in [1.29, 1.82) is 0 Å². The van der Waals surface area contributed by atoms with Crippen molar-refractivity contribution in [2.24, 2.45) is 51.6 Å². The number of para-hydroxylation sites is 2. The smallest absolute Gasteiger partial charge is 0.224 e. The average molecular weight is 945 g/mol. The summed E-state index contributed by atoms with van der Waals surface area (Å²) in [6.07, 6.45) is 2.74. The molecule has 370 valence electrons. The summed E-state index contributed by atoms with van der Waals surface area (Å²) < 4.78 is 0. The number of rotatable bonds is 31. The van der Waals surface area contributed by atoms with E-state index >= 15 is 0 Å². The number of nitrogens with one attached hydrogen (secondary N) is 5. The van der Waals surface area contributed by atoms with Gasteiger partial charge in [-0.2, -0.15) is 0 Å². The largest absolute Gasteiger partial charge is 0.394 e. The molecule has 4 aromatic rings. The van der Waals surface area contributed by atoms with Crippen molar-refractivity contribution in [3.63, 3.8) is 0 Å². The number of Topliss-reactive ketones (excluding diaryl/α,β-unsaturated/α-hetero) is 3. The van der Waals surface area contributed by atoms with Gasteiger partial charge in [-0.15, -0.1) is 0 Å². The van der Waals surface area contributed by atoms with Crippen LogP contribution >= 0.6 is 0 Å². The third kappa shape index (κ3) is 15.8. The Morgan fingerprint density at radius 1 is 0.632 bits per heavy atom. The maximum absolute atomic E-state index is 14.3. The maximum atomic E-state index is 14.3. The van der Waals surface area contributed by atoms with Crippen molar-refractivity contribution in [3.8, 4) is 0 Å². The second kappa shape index (κ2) is 26.8. The van der Waals surface area contributed by atoms with Gasteiger partial charge < -0.3 is 64.2 Å². The second-order valence-electron chi connectivity index (χ2n) is 17.5. The number of aliphatic hydroxyl groups excluding tert-OH is 3. The maximum Gasteiger partial charge on any atom is 0.224 e. The number of aliphatic imine (C=N–C) groups is 1. The third-order valence-corrected chi connectivity index (χ3v) is 12.3. The Labute approximate surface area is 394 Å². The molecule has 1 unspecified atom stereocenters. The van der Waals surface area contributed by atoms with E-state index in [2.05, 4.69) is 30.9 Å². The normalized spacial score (nSPS) is 15.0. The van der Waals surface area contributed by atoms with Crippen LogP contribution in [-0.4, -0.2) is 123 Å². The number of guanidine groups is 1. The number of aliphatic hydroxyl groups is 3. The lowest BCUT2D eigenvalue weighted by Crippen LogP contribution is -2.50. The number of unbranched alkanes of at least 4 members (excludes halogenated alkanes) is 1. The minimum atomic E-state index is -1.55. The van der Waals surface area contributed by atoms with E-state index in [0.29, 0.717) is 30.5 Å². The summed E-state index contributed by atoms with van der Waals surface area (Å²) >= 11 is 0. The Hall–Kier alpha value is -6.48. The lowest BCUT2D eigenvalue weighted by atomic mass is 9.89. The van der Waals surface area contributed by atoms with Crippen molar-refractivity contribution in [1.82, 2.24) is 25.9 Å². The van der Waals surface area contributed by atoms with Crippen molar-refractivity contribution < 1.29 is 48.9 Å². The minimum Gasteiger partial charge on any atom is -0.394 e. The van der Waals surface area contributed by atoms with Crippen molar-refractivity contribution in [2.75, 3.05) is 26.3 Å². The predicted octanol–water partition coefficient (Wildman–Crippen LogP) is 0.284. The fourth-order valence-electron chi connectivity index (χ4n) is 8.17. The highest BCUT2D eigenvalue weighted by Crippen LogP contribution is 2.25. The molecule has 20 nitrogen and oxygen atoms in total. The van der Waals surface area contributed by atoms with E-state index < -0.39 is 121 Å². The van der Waals surface area contributed by atoms with Gasteiger partial charge in [0.05, 0.1) is 31.3 Å². The van der Waals surface area contributed by atoms with Crippen molar-refractivity contribution in [3.05, 3.63) is 72.1 Å². The summed E-state index contributed by atoms with van der Waals surface area (Å²) in [5.74, 6) is -9.07. The zero-order valence-electron chi connectivity index (χ0n) is 38.7. The highest BCUT2D eigenvalue weighted by atomic mass is 16.3. The number of H-pyrrole nitrogens is 2. The van der Waals surface area contributed by atoms with Gasteiger partial charge in [0.25, 0.3) is 0 Å². The molecule has 0 saturated carbocycles. The summed E-state index contributed by atoms with van der Waals surface area (Å²) in [4.78, 5) is 106. The van der Waals surface area contributed by atoms with E-state index in [1.165, 1.54) is 6.92 Å². The number of fused-ring (bicyclic) bond motifs is 2. The molecule has 20 heteroatoms. The zero-order valence-corrected chi connectivity index (χ0v) is 38.7. The van der Waals surface area contributed by atoms with Crippen LogP contribution in [0.3, 0.4) is 0 Å². The lowest BCUT2D eigenvalue weighted by molar-refractivity contribution is -0.136. The number of aromatic nitrogens is 2. The van der Waals surface area contributed by atoms with Crippen molar-refractivity contribution in [2.45, 2.75) is 102 Å². The number of benzene rings is 2. The van der Waals surface area contributed by atoms with Crippen LogP contribution in [0, 0.1) is 23.7 Å². The monoisotopic (exact) mass is 945 g/mol. The number of carbonyl (C=O) groups is 7. The van der Waals surface area contributed by atoms with Crippen LogP contribution in [0.25, 0.3) is 21.8 Å². The molecule has 0 aliphatic carbocycles. The number of carbonyl (C=O) groups excluding carboxylic acids is 7. The first-order valence-electron chi connectivity index (χ1n) is 23.0. The molecule has 4 rings (SSSR count). The number of hydrogen-bond acceptors (Lipinski definition) is 12. The second-order valence-corrected chi connectivity index (χ2v) is 17.5. The number of primary amides is 1. The first-order chi connectivity index (χ1) is 32.5. The Bertz CT molecular complexity index is 2370. The fraction of sp³-hybridized carbons (Fsp3) is 0.500. The van der Waals surface area contributed by atoms with Gasteiger partial charge in [0.15, 0.2) is 23.3 Å². The Morgan fingerprint density at radius 2 is 1.13 bits per heavy atom. The zero-order chi connectivity index (χ0) is 49.9. The molecule has 2 aromatic heterocycles. The van der Waals surface area contributed by atoms with Gasteiger partial charge >= 0.3 is 0 Å². The van der Waals surface area contributed by atoms with E-state index in [1.807, 2.05) is 48.5 Å². The van der Waals surface area contributed by atoms with E-state index in [-0.39, 0.29) is 38.2 Å². The number of nitrogens with two attached hydrogens (primary N) is 4. The number of amides is 4. The Balaban J connectivity index is 1.59. The molecule has 8 atom stereocenters. The molecular weight excluding hydrogens is 877 g/mol. The summed E-state index contributed by atoms with van der Waals surface area (Å²) in [7, 11) is 0. The van der Waals surface area contributed by atoms with Crippen LogP contribution in [0.4, 0.5) is 0 Å². The van der Waals surface area contributed by atoms with Crippen LogP contribution in [0.5, 0.6) is 0 Å². The van der Waals surface area contributed by atoms with Crippen LogP contribution in [0.2, 0.25) is 0 Å². The van der Waals surface area contributed by atoms with E-state index in [0.717, 1.165) is 28.2 Å². The number of nitrogens with zero attached hydrogens (tertiary/aromatic N) is 1. The molecule has 0 fully saturated rings. The average Bonchev–Trinajstić information content (AvgIpc) is 3.92. The summed E-state index contributed by atoms with van der Waals surface area (Å²) in [6, 6.07) is 10.5. The van der Waals surface area contributed by atoms with Crippen LogP contribution in [0.1, 0.15) is 76.3 Å². The molecule has 2 heterocycles. The third-order valence-electron chi connectivity index (χ3n) is 12.3. The topological polar surface area (TPSA) is 364 Å².